The van der Waals surface area contributed by atoms with Gasteiger partial charge in [-0.2, -0.15) is 0 Å². The number of likely N-dealkylation sites (tertiary alicyclic amines) is 1. The molecule has 1 fully saturated rings. The monoisotopic (exact) mass is 283 g/mol. The Morgan fingerprint density at radius 2 is 2.25 bits per heavy atom. The molecular weight excluding hydrogens is 265 g/mol. The largest absolute Gasteiger partial charge is 0.496 e. The average molecular weight is 283 g/mol. The number of aliphatic hydroxyl groups excluding tert-OH is 1. The summed E-state index contributed by atoms with van der Waals surface area (Å²) in [4.78, 5) is 13.5. The van der Waals surface area contributed by atoms with Crippen LogP contribution in [0.1, 0.15) is 12.0 Å². The van der Waals surface area contributed by atoms with Gasteiger partial charge in [-0.15, -0.1) is 0 Å². The summed E-state index contributed by atoms with van der Waals surface area (Å²) in [7, 11) is 2.82. The standard InChI is InChI=1S/C14H18FNO4/c1-19-13-4-3-10(15)5-9(13)7-16-8-11(17)6-12(16)14(18)20-2/h3-5,11-12,17H,6-8H2,1-2H3. The van der Waals surface area contributed by atoms with E-state index >= 15 is 0 Å². The topological polar surface area (TPSA) is 59.0 Å². The van der Waals surface area contributed by atoms with Gasteiger partial charge in [0.05, 0.1) is 20.3 Å². The van der Waals surface area contributed by atoms with Crippen LogP contribution in [0.2, 0.25) is 0 Å². The van der Waals surface area contributed by atoms with E-state index in [9.17, 15) is 14.3 Å². The predicted octanol–water partition coefficient (Wildman–Crippen LogP) is 0.942. The SMILES string of the molecule is COC(=O)C1CC(O)CN1Cc1cc(F)ccc1OC. The number of nitrogens with zero attached hydrogens (tertiary/aromatic N) is 1. The highest BCUT2D eigenvalue weighted by Crippen LogP contribution is 2.26. The number of carbonyl (C=O) groups excluding carboxylic acids is 1. The van der Waals surface area contributed by atoms with Crippen LogP contribution < -0.4 is 4.74 Å². The van der Waals surface area contributed by atoms with Gasteiger partial charge < -0.3 is 14.6 Å². The molecule has 20 heavy (non-hydrogen) atoms. The van der Waals surface area contributed by atoms with E-state index in [-0.39, 0.29) is 5.82 Å². The molecule has 110 valence electrons. The van der Waals surface area contributed by atoms with Crippen LogP contribution in [0.3, 0.4) is 0 Å². The van der Waals surface area contributed by atoms with Crippen LogP contribution in [0.4, 0.5) is 4.39 Å². The summed E-state index contributed by atoms with van der Waals surface area (Å²) in [6.45, 7) is 0.664. The first kappa shape index (κ1) is 14.7. The number of β-amino-alcohol motifs (C(OH)–C–C–N with tert-alkyl or cyclic N) is 1. The number of halogens is 1. The zero-order valence-corrected chi connectivity index (χ0v) is 11.5. The minimum absolute atomic E-state index is 0.317. The number of carbonyl (C=O) groups is 1. The van der Waals surface area contributed by atoms with E-state index in [1.165, 1.54) is 26.4 Å². The third kappa shape index (κ3) is 3.08. The molecule has 6 heteroatoms. The Morgan fingerprint density at radius 3 is 2.90 bits per heavy atom. The predicted molar refractivity (Wildman–Crippen MR) is 69.8 cm³/mol. The Morgan fingerprint density at radius 1 is 1.50 bits per heavy atom. The van der Waals surface area contributed by atoms with Crippen LogP contribution in [0, 0.1) is 5.82 Å². The number of hydrogen-bond donors (Lipinski definition) is 1. The lowest BCUT2D eigenvalue weighted by Gasteiger charge is -2.23. The molecule has 1 aliphatic rings. The molecular formula is C14H18FNO4. The number of benzene rings is 1. The summed E-state index contributed by atoms with van der Waals surface area (Å²) in [6.07, 6.45) is -0.261. The molecule has 0 aliphatic carbocycles. The maximum Gasteiger partial charge on any atom is 0.323 e. The van der Waals surface area contributed by atoms with E-state index in [4.69, 9.17) is 9.47 Å². The van der Waals surface area contributed by atoms with Crippen LogP contribution in [-0.2, 0) is 16.1 Å². The van der Waals surface area contributed by atoms with Crippen LogP contribution in [0.5, 0.6) is 5.75 Å². The summed E-state index contributed by atoms with van der Waals surface area (Å²) < 4.78 is 23.3. The second-order valence-electron chi connectivity index (χ2n) is 4.81. The van der Waals surface area contributed by atoms with E-state index in [0.717, 1.165) is 0 Å². The highest BCUT2D eigenvalue weighted by Gasteiger charge is 2.36. The number of hydrogen-bond acceptors (Lipinski definition) is 5. The molecule has 1 saturated heterocycles. The highest BCUT2D eigenvalue weighted by molar-refractivity contribution is 5.76. The van der Waals surface area contributed by atoms with Crippen molar-refractivity contribution < 1.29 is 23.8 Å². The van der Waals surface area contributed by atoms with Gasteiger partial charge in [0.15, 0.2) is 0 Å². The fourth-order valence-electron chi connectivity index (χ4n) is 2.52. The fraction of sp³-hybridized carbons (Fsp3) is 0.500. The van der Waals surface area contributed by atoms with Crippen molar-refractivity contribution in [2.24, 2.45) is 0 Å². The zero-order valence-electron chi connectivity index (χ0n) is 11.5. The van der Waals surface area contributed by atoms with E-state index in [2.05, 4.69) is 0 Å². The number of esters is 1. The molecule has 1 N–H and O–H groups in total. The number of rotatable bonds is 4. The molecule has 0 spiro atoms. The van der Waals surface area contributed by atoms with Crippen molar-refractivity contribution in [3.05, 3.63) is 29.6 Å². The number of ether oxygens (including phenoxy) is 2. The second kappa shape index (κ2) is 6.19. The molecule has 1 aliphatic heterocycles. The molecule has 0 amide bonds. The maximum absolute atomic E-state index is 13.3. The Hall–Kier alpha value is -1.66. The molecule has 1 aromatic carbocycles. The van der Waals surface area contributed by atoms with Gasteiger partial charge in [0, 0.05) is 25.1 Å². The molecule has 1 aromatic rings. The third-order valence-corrected chi connectivity index (χ3v) is 3.47. The first-order chi connectivity index (χ1) is 9.55. The van der Waals surface area contributed by atoms with E-state index in [1.54, 1.807) is 11.0 Å². The van der Waals surface area contributed by atoms with Gasteiger partial charge >= 0.3 is 5.97 Å². The van der Waals surface area contributed by atoms with Gasteiger partial charge in [0.1, 0.15) is 17.6 Å². The first-order valence-electron chi connectivity index (χ1n) is 6.37. The fourth-order valence-corrected chi connectivity index (χ4v) is 2.52. The zero-order chi connectivity index (χ0) is 14.7. The molecule has 5 nitrogen and oxygen atoms in total. The summed E-state index contributed by atoms with van der Waals surface area (Å²) in [5.41, 5.74) is 0.635. The average Bonchev–Trinajstić information content (AvgIpc) is 2.79. The van der Waals surface area contributed by atoms with Gasteiger partial charge in [-0.1, -0.05) is 0 Å². The molecule has 0 radical (unpaired) electrons. The lowest BCUT2D eigenvalue weighted by Crippen LogP contribution is -2.36. The summed E-state index contributed by atoms with van der Waals surface area (Å²) in [6, 6.07) is 3.73. The normalized spacial score (nSPS) is 22.8. The molecule has 0 saturated carbocycles. The Labute approximate surface area is 116 Å². The Kier molecular flexibility index (Phi) is 4.57. The van der Waals surface area contributed by atoms with Crippen molar-refractivity contribution in [2.75, 3.05) is 20.8 Å². The molecule has 2 unspecified atom stereocenters. The van der Waals surface area contributed by atoms with Crippen molar-refractivity contribution in [3.63, 3.8) is 0 Å². The van der Waals surface area contributed by atoms with E-state index < -0.39 is 18.1 Å². The Balaban J connectivity index is 2.19. The van der Waals surface area contributed by atoms with E-state index in [1.807, 2.05) is 0 Å². The van der Waals surface area contributed by atoms with Gasteiger partial charge in [-0.05, 0) is 18.2 Å². The summed E-state index contributed by atoms with van der Waals surface area (Å²) in [5.74, 6) is -0.205. The quantitative estimate of drug-likeness (QED) is 0.834. The maximum atomic E-state index is 13.3. The van der Waals surface area contributed by atoms with Gasteiger partial charge in [0.2, 0.25) is 0 Å². The van der Waals surface area contributed by atoms with Crippen molar-refractivity contribution in [1.29, 1.82) is 0 Å². The van der Waals surface area contributed by atoms with Crippen LogP contribution >= 0.6 is 0 Å². The second-order valence-corrected chi connectivity index (χ2v) is 4.81. The minimum Gasteiger partial charge on any atom is -0.496 e. The van der Waals surface area contributed by atoms with Crippen molar-refractivity contribution in [1.82, 2.24) is 4.90 Å². The third-order valence-electron chi connectivity index (χ3n) is 3.47. The highest BCUT2D eigenvalue weighted by atomic mass is 19.1. The summed E-state index contributed by atoms with van der Waals surface area (Å²) >= 11 is 0. The molecule has 0 bridgehead atoms. The van der Waals surface area contributed by atoms with E-state index in [0.29, 0.717) is 30.8 Å². The van der Waals surface area contributed by atoms with Crippen LogP contribution in [-0.4, -0.2) is 48.9 Å². The smallest absolute Gasteiger partial charge is 0.323 e. The molecule has 1 heterocycles. The summed E-state index contributed by atoms with van der Waals surface area (Å²) in [5, 5.41) is 9.72. The van der Waals surface area contributed by atoms with Crippen molar-refractivity contribution >= 4 is 5.97 Å². The molecule has 2 atom stereocenters. The molecule has 0 aromatic heterocycles. The lowest BCUT2D eigenvalue weighted by molar-refractivity contribution is -0.146. The number of methoxy groups -OCH3 is 2. The van der Waals surface area contributed by atoms with Gasteiger partial charge in [-0.25, -0.2) is 4.39 Å². The Bertz CT molecular complexity index is 494. The van der Waals surface area contributed by atoms with Gasteiger partial charge in [-0.3, -0.25) is 9.69 Å². The minimum atomic E-state index is -0.585. The molecule has 2 rings (SSSR count). The van der Waals surface area contributed by atoms with Gasteiger partial charge in [0.25, 0.3) is 0 Å². The van der Waals surface area contributed by atoms with Crippen LogP contribution in [0.25, 0.3) is 0 Å². The van der Waals surface area contributed by atoms with Crippen molar-refractivity contribution in [2.45, 2.75) is 25.1 Å². The van der Waals surface area contributed by atoms with Crippen molar-refractivity contribution in [3.8, 4) is 5.75 Å². The lowest BCUT2D eigenvalue weighted by atomic mass is 10.1. The number of aliphatic hydroxyl groups is 1. The first-order valence-corrected chi connectivity index (χ1v) is 6.37. The van der Waals surface area contributed by atoms with Crippen LogP contribution in [0.15, 0.2) is 18.2 Å².